The van der Waals surface area contributed by atoms with Crippen LogP contribution in [0, 0.1) is 5.92 Å². The molecule has 4 nitrogen and oxygen atoms in total. The van der Waals surface area contributed by atoms with Gasteiger partial charge in [-0.1, -0.05) is 11.6 Å². The van der Waals surface area contributed by atoms with E-state index in [9.17, 15) is 4.79 Å². The number of rotatable bonds is 6. The standard InChI is InChI=1S/C15H21ClN2O2.ClH/c1-2-20-14-9-12(16)4-5-13(14)18-15(19)6-3-11-7-8-17-10-11;/h4-5,9,11,17H,2-3,6-8,10H2,1H3,(H,18,19);1H. The summed E-state index contributed by atoms with van der Waals surface area (Å²) in [6, 6.07) is 5.25. The van der Waals surface area contributed by atoms with Crippen molar-refractivity contribution >= 4 is 35.6 Å². The quantitative estimate of drug-likeness (QED) is 0.838. The highest BCUT2D eigenvalue weighted by Crippen LogP contribution is 2.28. The molecule has 1 unspecified atom stereocenters. The van der Waals surface area contributed by atoms with E-state index in [2.05, 4.69) is 10.6 Å². The van der Waals surface area contributed by atoms with Gasteiger partial charge in [-0.15, -0.1) is 12.4 Å². The number of hydrogen-bond acceptors (Lipinski definition) is 3. The van der Waals surface area contributed by atoms with E-state index >= 15 is 0 Å². The van der Waals surface area contributed by atoms with Crippen molar-refractivity contribution < 1.29 is 9.53 Å². The van der Waals surface area contributed by atoms with Crippen LogP contribution in [0.2, 0.25) is 5.02 Å². The Morgan fingerprint density at radius 1 is 1.52 bits per heavy atom. The number of benzene rings is 1. The maximum absolute atomic E-state index is 12.0. The van der Waals surface area contributed by atoms with Crippen LogP contribution in [-0.2, 0) is 4.79 Å². The number of hydrogen-bond donors (Lipinski definition) is 2. The first kappa shape index (κ1) is 18.1. The second-order valence-corrected chi connectivity index (χ2v) is 5.46. The minimum atomic E-state index is 0. The Bertz CT molecular complexity index is 463. The van der Waals surface area contributed by atoms with E-state index in [4.69, 9.17) is 16.3 Å². The lowest BCUT2D eigenvalue weighted by Gasteiger charge is -2.13. The van der Waals surface area contributed by atoms with Gasteiger partial charge in [-0.25, -0.2) is 0 Å². The Morgan fingerprint density at radius 3 is 3.00 bits per heavy atom. The van der Waals surface area contributed by atoms with Gasteiger partial charge in [0.05, 0.1) is 12.3 Å². The number of carbonyl (C=O) groups is 1. The van der Waals surface area contributed by atoms with Crippen LogP contribution < -0.4 is 15.4 Å². The average Bonchev–Trinajstić information content (AvgIpc) is 2.93. The summed E-state index contributed by atoms with van der Waals surface area (Å²) in [4.78, 5) is 12.0. The normalized spacial score (nSPS) is 17.1. The summed E-state index contributed by atoms with van der Waals surface area (Å²) in [6.45, 7) is 4.53. The van der Waals surface area contributed by atoms with Crippen molar-refractivity contribution in [1.82, 2.24) is 5.32 Å². The first-order valence-electron chi connectivity index (χ1n) is 7.12. The summed E-state index contributed by atoms with van der Waals surface area (Å²) in [5.74, 6) is 1.27. The van der Waals surface area contributed by atoms with Crippen LogP contribution in [0.1, 0.15) is 26.2 Å². The van der Waals surface area contributed by atoms with Crippen molar-refractivity contribution in [2.75, 3.05) is 25.0 Å². The van der Waals surface area contributed by atoms with Crippen molar-refractivity contribution in [2.24, 2.45) is 5.92 Å². The molecule has 1 saturated heterocycles. The van der Waals surface area contributed by atoms with Gasteiger partial charge >= 0.3 is 0 Å². The summed E-state index contributed by atoms with van der Waals surface area (Å²) in [5.41, 5.74) is 0.686. The maximum Gasteiger partial charge on any atom is 0.224 e. The van der Waals surface area contributed by atoms with Crippen LogP contribution >= 0.6 is 24.0 Å². The number of carbonyl (C=O) groups excluding carboxylic acids is 1. The molecular weight excluding hydrogens is 311 g/mol. The third kappa shape index (κ3) is 5.73. The molecule has 0 aliphatic carbocycles. The molecule has 2 N–H and O–H groups in total. The van der Waals surface area contributed by atoms with E-state index in [1.807, 2.05) is 6.92 Å². The Morgan fingerprint density at radius 2 is 2.33 bits per heavy atom. The highest BCUT2D eigenvalue weighted by Gasteiger charge is 2.16. The van der Waals surface area contributed by atoms with Crippen LogP contribution in [0.15, 0.2) is 18.2 Å². The molecule has 1 aromatic carbocycles. The smallest absolute Gasteiger partial charge is 0.224 e. The van der Waals surface area contributed by atoms with Crippen molar-refractivity contribution in [3.63, 3.8) is 0 Å². The van der Waals surface area contributed by atoms with Crippen molar-refractivity contribution in [2.45, 2.75) is 26.2 Å². The number of ether oxygens (including phenoxy) is 1. The second kappa shape index (κ2) is 9.13. The zero-order valence-electron chi connectivity index (χ0n) is 12.2. The van der Waals surface area contributed by atoms with Crippen molar-refractivity contribution in [1.29, 1.82) is 0 Å². The molecule has 0 aromatic heterocycles. The molecule has 21 heavy (non-hydrogen) atoms. The highest BCUT2D eigenvalue weighted by atomic mass is 35.5. The van der Waals surface area contributed by atoms with Gasteiger partial charge in [0.2, 0.25) is 5.91 Å². The van der Waals surface area contributed by atoms with Crippen LogP contribution in [0.5, 0.6) is 5.75 Å². The SMILES string of the molecule is CCOc1cc(Cl)ccc1NC(=O)CCC1CCNC1.Cl. The van der Waals surface area contributed by atoms with Gasteiger partial charge in [0.25, 0.3) is 0 Å². The third-order valence-corrected chi connectivity index (χ3v) is 3.69. The first-order valence-corrected chi connectivity index (χ1v) is 7.49. The Hall–Kier alpha value is -0.970. The molecule has 1 atom stereocenters. The van der Waals surface area contributed by atoms with Crippen molar-refractivity contribution in [3.05, 3.63) is 23.2 Å². The monoisotopic (exact) mass is 332 g/mol. The van der Waals surface area contributed by atoms with Gasteiger partial charge in [-0.2, -0.15) is 0 Å². The minimum absolute atomic E-state index is 0. The predicted molar refractivity (Wildman–Crippen MR) is 88.7 cm³/mol. The highest BCUT2D eigenvalue weighted by molar-refractivity contribution is 6.30. The summed E-state index contributed by atoms with van der Waals surface area (Å²) >= 11 is 5.94. The molecule has 1 aromatic rings. The fourth-order valence-corrected chi connectivity index (χ4v) is 2.55. The Kier molecular flexibility index (Phi) is 7.86. The Labute approximate surface area is 137 Å². The van der Waals surface area contributed by atoms with E-state index < -0.39 is 0 Å². The predicted octanol–water partition coefficient (Wildman–Crippen LogP) is 3.49. The molecule has 0 radical (unpaired) electrons. The lowest BCUT2D eigenvalue weighted by atomic mass is 10.0. The number of anilines is 1. The van der Waals surface area contributed by atoms with Crippen molar-refractivity contribution in [3.8, 4) is 5.75 Å². The lowest BCUT2D eigenvalue weighted by Crippen LogP contribution is -2.15. The fourth-order valence-electron chi connectivity index (χ4n) is 2.38. The molecule has 1 aliphatic heterocycles. The fraction of sp³-hybridized carbons (Fsp3) is 0.533. The molecule has 6 heteroatoms. The summed E-state index contributed by atoms with van der Waals surface area (Å²) in [7, 11) is 0. The Balaban J connectivity index is 0.00000220. The number of halogens is 2. The van der Waals surface area contributed by atoms with Crippen LogP contribution in [-0.4, -0.2) is 25.6 Å². The summed E-state index contributed by atoms with van der Waals surface area (Å²) in [5, 5.41) is 6.82. The molecule has 0 saturated carbocycles. The van der Waals surface area contributed by atoms with E-state index in [1.165, 1.54) is 6.42 Å². The second-order valence-electron chi connectivity index (χ2n) is 5.02. The topological polar surface area (TPSA) is 50.4 Å². The molecule has 1 heterocycles. The molecule has 118 valence electrons. The first-order chi connectivity index (χ1) is 9.69. The molecule has 0 spiro atoms. The van der Waals surface area contributed by atoms with Gasteiger partial charge in [0.15, 0.2) is 0 Å². The minimum Gasteiger partial charge on any atom is -0.492 e. The maximum atomic E-state index is 12.0. The average molecular weight is 333 g/mol. The molecule has 2 rings (SSSR count). The van der Waals surface area contributed by atoms with Gasteiger partial charge in [0, 0.05) is 17.5 Å². The molecule has 1 aliphatic rings. The van der Waals surface area contributed by atoms with E-state index in [0.717, 1.165) is 19.5 Å². The van der Waals surface area contributed by atoms with Gasteiger partial charge in [-0.05, 0) is 50.9 Å². The van der Waals surface area contributed by atoms with Gasteiger partial charge < -0.3 is 15.4 Å². The molecular formula is C15H22Cl2N2O2. The molecule has 1 amide bonds. The van der Waals surface area contributed by atoms with Gasteiger partial charge in [0.1, 0.15) is 5.75 Å². The lowest BCUT2D eigenvalue weighted by molar-refractivity contribution is -0.116. The van der Waals surface area contributed by atoms with Crippen LogP contribution in [0.25, 0.3) is 0 Å². The zero-order valence-corrected chi connectivity index (χ0v) is 13.7. The van der Waals surface area contributed by atoms with E-state index in [1.54, 1.807) is 18.2 Å². The number of nitrogens with one attached hydrogen (secondary N) is 2. The van der Waals surface area contributed by atoms with Gasteiger partial charge in [-0.3, -0.25) is 4.79 Å². The van der Waals surface area contributed by atoms with E-state index in [-0.39, 0.29) is 18.3 Å². The van der Waals surface area contributed by atoms with Crippen LogP contribution in [0.4, 0.5) is 5.69 Å². The van der Waals surface area contributed by atoms with Crippen LogP contribution in [0.3, 0.4) is 0 Å². The zero-order chi connectivity index (χ0) is 14.4. The summed E-state index contributed by atoms with van der Waals surface area (Å²) < 4.78 is 5.49. The largest absolute Gasteiger partial charge is 0.492 e. The molecule has 1 fully saturated rings. The van der Waals surface area contributed by atoms with E-state index in [0.29, 0.717) is 35.4 Å². The third-order valence-electron chi connectivity index (χ3n) is 3.46. The summed E-state index contributed by atoms with van der Waals surface area (Å²) in [6.07, 6.45) is 2.63. The number of amides is 1. The molecule has 0 bridgehead atoms.